The zero-order valence-corrected chi connectivity index (χ0v) is 13.3. The lowest BCUT2D eigenvalue weighted by molar-refractivity contribution is -0.683. The molecule has 1 aliphatic heterocycles. The summed E-state index contributed by atoms with van der Waals surface area (Å²) in [4.78, 5) is 12.3. The van der Waals surface area contributed by atoms with Gasteiger partial charge in [0, 0.05) is 23.8 Å². The zero-order valence-electron chi connectivity index (χ0n) is 13.3. The highest BCUT2D eigenvalue weighted by atomic mass is 16.6. The first-order valence-electron chi connectivity index (χ1n) is 7.91. The van der Waals surface area contributed by atoms with Crippen LogP contribution in [0.5, 0.6) is 0 Å². The van der Waals surface area contributed by atoms with Crippen molar-refractivity contribution >= 4 is 17.2 Å². The number of anilines is 2. The van der Waals surface area contributed by atoms with E-state index in [1.54, 1.807) is 12.1 Å². The molecule has 2 heterocycles. The molecule has 6 heteroatoms. The van der Waals surface area contributed by atoms with Crippen LogP contribution in [0, 0.1) is 10.1 Å². The third kappa shape index (κ3) is 2.43. The largest absolute Gasteiger partial charge is 0.346 e. The molecule has 124 valence electrons. The van der Waals surface area contributed by atoms with E-state index in [0.717, 1.165) is 11.5 Å². The first-order valence-corrected chi connectivity index (χ1v) is 7.91. The topological polar surface area (TPSA) is 70.5 Å². The van der Waals surface area contributed by atoms with Crippen LogP contribution in [0.2, 0.25) is 0 Å². The molecule has 1 atom stereocenters. The molecule has 0 spiro atoms. The first-order chi connectivity index (χ1) is 12.1. The summed E-state index contributed by atoms with van der Waals surface area (Å²) in [6.45, 7) is 0.329. The molecular weight excluding hydrogens is 318 g/mol. The first kappa shape index (κ1) is 15.3. The number of para-hydroxylation sites is 1. The van der Waals surface area contributed by atoms with Crippen molar-refractivity contribution in [2.24, 2.45) is 0 Å². The lowest BCUT2D eigenvalue weighted by atomic mass is 10.0. The number of aromatic nitrogens is 1. The Morgan fingerprint density at radius 3 is 2.36 bits per heavy atom. The number of benzene rings is 2. The number of aliphatic hydroxyl groups is 1. The summed E-state index contributed by atoms with van der Waals surface area (Å²) in [5, 5.41) is 22.5. The highest BCUT2D eigenvalue weighted by Crippen LogP contribution is 2.41. The molecule has 1 aliphatic rings. The zero-order chi connectivity index (χ0) is 17.4. The standard InChI is InChI=1S/C19H16N3O3/c23-19(15-9-11-17(12-10-15)22(24)25)14-20-13-5-4-8-18(20)21(19)16-6-2-1-3-7-16/h1-13,23H,14H2/q+1/t19-/m1/s1. The van der Waals surface area contributed by atoms with Gasteiger partial charge in [-0.25, -0.2) is 4.57 Å². The number of fused-ring (bicyclic) bond motifs is 1. The van der Waals surface area contributed by atoms with E-state index in [-0.39, 0.29) is 5.69 Å². The number of hydrogen-bond donors (Lipinski definition) is 1. The molecule has 0 saturated heterocycles. The van der Waals surface area contributed by atoms with Crippen LogP contribution >= 0.6 is 0 Å². The Morgan fingerprint density at radius 1 is 1.00 bits per heavy atom. The van der Waals surface area contributed by atoms with Gasteiger partial charge in [0.05, 0.1) is 11.1 Å². The van der Waals surface area contributed by atoms with E-state index in [1.165, 1.54) is 12.1 Å². The predicted octanol–water partition coefficient (Wildman–Crippen LogP) is 2.88. The van der Waals surface area contributed by atoms with Gasteiger partial charge >= 0.3 is 0 Å². The Hall–Kier alpha value is -3.25. The molecule has 3 aromatic rings. The predicted molar refractivity (Wildman–Crippen MR) is 92.2 cm³/mol. The van der Waals surface area contributed by atoms with Crippen LogP contribution in [0.3, 0.4) is 0 Å². The Labute approximate surface area is 144 Å². The smallest absolute Gasteiger partial charge is 0.284 e. The maximum Gasteiger partial charge on any atom is 0.284 e. The molecule has 2 aromatic carbocycles. The summed E-state index contributed by atoms with van der Waals surface area (Å²) in [6, 6.07) is 21.4. The van der Waals surface area contributed by atoms with E-state index in [1.807, 2.05) is 64.2 Å². The molecule has 4 rings (SSSR count). The molecular formula is C19H16N3O3+. The van der Waals surface area contributed by atoms with E-state index < -0.39 is 10.6 Å². The number of nitro groups is 1. The van der Waals surface area contributed by atoms with Gasteiger partial charge in [0.2, 0.25) is 0 Å². The van der Waals surface area contributed by atoms with Crippen LogP contribution in [0.4, 0.5) is 17.2 Å². The maximum absolute atomic E-state index is 11.6. The minimum Gasteiger partial charge on any atom is -0.346 e. The second-order valence-electron chi connectivity index (χ2n) is 5.98. The monoisotopic (exact) mass is 334 g/mol. The van der Waals surface area contributed by atoms with Crippen LogP contribution in [-0.4, -0.2) is 10.0 Å². The van der Waals surface area contributed by atoms with Gasteiger partial charge in [0.25, 0.3) is 17.2 Å². The quantitative estimate of drug-likeness (QED) is 0.454. The second-order valence-corrected chi connectivity index (χ2v) is 5.98. The van der Waals surface area contributed by atoms with Crippen LogP contribution in [0.15, 0.2) is 79.0 Å². The van der Waals surface area contributed by atoms with Gasteiger partial charge in [-0.1, -0.05) is 24.3 Å². The normalized spacial score (nSPS) is 18.8. The maximum atomic E-state index is 11.6. The SMILES string of the molecule is O=[N+]([O-])c1ccc([C@]2(O)C[n+]3ccccc3N2c2ccccc2)cc1. The van der Waals surface area contributed by atoms with E-state index in [9.17, 15) is 15.2 Å². The van der Waals surface area contributed by atoms with Crippen molar-refractivity contribution in [1.29, 1.82) is 0 Å². The molecule has 0 saturated carbocycles. The second kappa shape index (κ2) is 5.68. The van der Waals surface area contributed by atoms with E-state index in [0.29, 0.717) is 12.1 Å². The summed E-state index contributed by atoms with van der Waals surface area (Å²) in [5.74, 6) is 0.856. The molecule has 0 radical (unpaired) electrons. The molecule has 0 fully saturated rings. The Balaban J connectivity index is 1.86. The van der Waals surface area contributed by atoms with Gasteiger partial charge in [0.15, 0.2) is 6.54 Å². The van der Waals surface area contributed by atoms with Crippen molar-refractivity contribution in [3.63, 3.8) is 0 Å². The summed E-state index contributed by atoms with van der Waals surface area (Å²) >= 11 is 0. The summed E-state index contributed by atoms with van der Waals surface area (Å²) in [6.07, 6.45) is 1.91. The molecule has 6 nitrogen and oxygen atoms in total. The number of pyridine rings is 1. The van der Waals surface area contributed by atoms with Gasteiger partial charge < -0.3 is 5.11 Å². The average Bonchev–Trinajstić information content (AvgIpc) is 2.95. The van der Waals surface area contributed by atoms with Gasteiger partial charge in [-0.2, -0.15) is 4.90 Å². The molecule has 1 N–H and O–H groups in total. The van der Waals surface area contributed by atoms with Crippen LogP contribution in [0.1, 0.15) is 5.56 Å². The Kier molecular flexibility index (Phi) is 3.47. The minimum atomic E-state index is -1.33. The number of non-ortho nitro benzene ring substituents is 1. The summed E-state index contributed by atoms with van der Waals surface area (Å²) in [5.41, 5.74) is 0.124. The summed E-state index contributed by atoms with van der Waals surface area (Å²) in [7, 11) is 0. The van der Waals surface area contributed by atoms with Crippen LogP contribution in [0.25, 0.3) is 0 Å². The molecule has 0 aliphatic carbocycles. The van der Waals surface area contributed by atoms with Gasteiger partial charge in [-0.3, -0.25) is 10.1 Å². The third-order valence-electron chi connectivity index (χ3n) is 4.46. The highest BCUT2D eigenvalue weighted by molar-refractivity contribution is 5.62. The fourth-order valence-corrected chi connectivity index (χ4v) is 3.30. The highest BCUT2D eigenvalue weighted by Gasteiger charge is 2.52. The van der Waals surface area contributed by atoms with Gasteiger partial charge in [-0.15, -0.1) is 0 Å². The van der Waals surface area contributed by atoms with Crippen molar-refractivity contribution in [3.8, 4) is 0 Å². The number of nitro benzene ring substituents is 1. The molecule has 1 aromatic heterocycles. The number of hydrogen-bond acceptors (Lipinski definition) is 4. The van der Waals surface area contributed by atoms with Crippen molar-refractivity contribution in [2.75, 3.05) is 4.90 Å². The van der Waals surface area contributed by atoms with Crippen molar-refractivity contribution < 1.29 is 14.6 Å². The summed E-state index contributed by atoms with van der Waals surface area (Å²) < 4.78 is 1.97. The van der Waals surface area contributed by atoms with Crippen molar-refractivity contribution in [3.05, 3.63) is 94.7 Å². The molecule has 0 amide bonds. The van der Waals surface area contributed by atoms with Crippen molar-refractivity contribution in [2.45, 2.75) is 12.3 Å². The number of nitrogens with zero attached hydrogens (tertiary/aromatic N) is 3. The molecule has 25 heavy (non-hydrogen) atoms. The fourth-order valence-electron chi connectivity index (χ4n) is 3.30. The Bertz CT molecular complexity index is 928. The lowest BCUT2D eigenvalue weighted by Crippen LogP contribution is -2.43. The van der Waals surface area contributed by atoms with E-state index >= 15 is 0 Å². The average molecular weight is 334 g/mol. The lowest BCUT2D eigenvalue weighted by Gasteiger charge is -2.27. The van der Waals surface area contributed by atoms with Crippen LogP contribution in [-0.2, 0) is 12.3 Å². The van der Waals surface area contributed by atoms with Gasteiger partial charge in [-0.05, 0) is 30.3 Å². The third-order valence-corrected chi connectivity index (χ3v) is 4.46. The Morgan fingerprint density at radius 2 is 1.68 bits per heavy atom. The fraction of sp³-hybridized carbons (Fsp3) is 0.105. The number of rotatable bonds is 3. The minimum absolute atomic E-state index is 0.00164. The van der Waals surface area contributed by atoms with E-state index in [4.69, 9.17) is 0 Å². The molecule has 0 unspecified atom stereocenters. The van der Waals surface area contributed by atoms with Crippen LogP contribution < -0.4 is 9.47 Å². The van der Waals surface area contributed by atoms with E-state index in [2.05, 4.69) is 0 Å². The van der Waals surface area contributed by atoms with Gasteiger partial charge in [0.1, 0.15) is 5.69 Å². The van der Waals surface area contributed by atoms with Crippen molar-refractivity contribution in [1.82, 2.24) is 0 Å². The molecule has 0 bridgehead atoms.